The van der Waals surface area contributed by atoms with Crippen molar-refractivity contribution in [1.29, 1.82) is 0 Å². The summed E-state index contributed by atoms with van der Waals surface area (Å²) >= 11 is 0. The summed E-state index contributed by atoms with van der Waals surface area (Å²) in [5.74, 6) is 1.02. The van der Waals surface area contributed by atoms with Gasteiger partial charge in [0.1, 0.15) is 17.3 Å². The van der Waals surface area contributed by atoms with Crippen molar-refractivity contribution in [2.45, 2.75) is 20.3 Å². The molecule has 0 bridgehead atoms. The first-order valence-corrected chi connectivity index (χ1v) is 9.49. The number of nitrogens with one attached hydrogen (secondary N) is 2. The number of rotatable bonds is 6. The predicted molar refractivity (Wildman–Crippen MR) is 109 cm³/mol. The van der Waals surface area contributed by atoms with Gasteiger partial charge in [0.2, 0.25) is 0 Å². The summed E-state index contributed by atoms with van der Waals surface area (Å²) < 4.78 is 0. The van der Waals surface area contributed by atoms with E-state index in [1.165, 1.54) is 5.69 Å². The number of carbonyl (C=O) groups excluding carboxylic acids is 1. The highest BCUT2D eigenvalue weighted by molar-refractivity contribution is 5.93. The molecule has 0 saturated carbocycles. The van der Waals surface area contributed by atoms with Crippen LogP contribution < -0.4 is 15.5 Å². The number of benzene rings is 1. The molecule has 1 aromatic carbocycles. The van der Waals surface area contributed by atoms with Crippen molar-refractivity contribution in [3.8, 4) is 0 Å². The fraction of sp³-hybridized carbons (Fsp3) is 0.450. The Balaban J connectivity index is 1.68. The monoisotopic (exact) mass is 368 g/mol. The van der Waals surface area contributed by atoms with Gasteiger partial charge in [0, 0.05) is 50.2 Å². The minimum absolute atomic E-state index is 0.171. The fourth-order valence-corrected chi connectivity index (χ4v) is 3.05. The number of carbonyl (C=O) groups is 1. The van der Waals surface area contributed by atoms with Crippen LogP contribution in [-0.4, -0.2) is 60.5 Å². The average Bonchev–Trinajstić information content (AvgIpc) is 2.67. The maximum Gasteiger partial charge on any atom is 0.270 e. The van der Waals surface area contributed by atoms with Crippen molar-refractivity contribution in [2.75, 3.05) is 50.0 Å². The lowest BCUT2D eigenvalue weighted by molar-refractivity contribution is 0.0948. The number of amides is 1. The van der Waals surface area contributed by atoms with Gasteiger partial charge in [0.15, 0.2) is 0 Å². The van der Waals surface area contributed by atoms with Gasteiger partial charge >= 0.3 is 0 Å². The lowest BCUT2D eigenvalue weighted by atomic mass is 10.2. The highest BCUT2D eigenvalue weighted by Crippen LogP contribution is 2.21. The minimum atomic E-state index is -0.171. The van der Waals surface area contributed by atoms with Crippen molar-refractivity contribution in [3.63, 3.8) is 0 Å². The summed E-state index contributed by atoms with van der Waals surface area (Å²) in [5, 5.41) is 6.12. The van der Waals surface area contributed by atoms with E-state index in [0.717, 1.165) is 38.3 Å². The zero-order valence-electron chi connectivity index (χ0n) is 16.3. The number of nitrogens with zero attached hydrogens (tertiary/aromatic N) is 4. The van der Waals surface area contributed by atoms with Gasteiger partial charge in [0.05, 0.1) is 0 Å². The average molecular weight is 368 g/mol. The second kappa shape index (κ2) is 8.81. The Morgan fingerprint density at radius 3 is 2.48 bits per heavy atom. The van der Waals surface area contributed by atoms with E-state index in [-0.39, 0.29) is 5.91 Å². The maximum absolute atomic E-state index is 12.2. The first-order valence-electron chi connectivity index (χ1n) is 9.49. The van der Waals surface area contributed by atoms with E-state index >= 15 is 0 Å². The molecule has 0 atom stereocenters. The van der Waals surface area contributed by atoms with Gasteiger partial charge < -0.3 is 20.4 Å². The number of aryl methyl sites for hydroxylation is 1. The van der Waals surface area contributed by atoms with E-state index in [2.05, 4.69) is 49.6 Å². The molecule has 0 unspecified atom stereocenters. The van der Waals surface area contributed by atoms with Crippen LogP contribution in [-0.2, 0) is 0 Å². The summed E-state index contributed by atoms with van der Waals surface area (Å²) in [6, 6.07) is 10.0. The van der Waals surface area contributed by atoms with Gasteiger partial charge in [-0.15, -0.1) is 0 Å². The van der Waals surface area contributed by atoms with E-state index in [9.17, 15) is 4.79 Å². The first-order chi connectivity index (χ1) is 13.0. The molecule has 1 aliphatic heterocycles. The predicted octanol–water partition coefficient (Wildman–Crippen LogP) is 2.42. The molecule has 7 nitrogen and oxygen atoms in total. The number of hydrogen-bond donors (Lipinski definition) is 2. The molecular weight excluding hydrogens is 340 g/mol. The Morgan fingerprint density at radius 2 is 1.81 bits per heavy atom. The number of hydrogen-bond acceptors (Lipinski definition) is 6. The molecule has 0 radical (unpaired) electrons. The van der Waals surface area contributed by atoms with Crippen LogP contribution in [0.3, 0.4) is 0 Å². The molecule has 1 aromatic heterocycles. The molecule has 0 spiro atoms. The summed E-state index contributed by atoms with van der Waals surface area (Å²) in [4.78, 5) is 25.5. The van der Waals surface area contributed by atoms with Crippen molar-refractivity contribution in [3.05, 3.63) is 41.9 Å². The summed E-state index contributed by atoms with van der Waals surface area (Å²) in [7, 11) is 2.16. The van der Waals surface area contributed by atoms with Crippen LogP contribution in [0.4, 0.5) is 17.2 Å². The first kappa shape index (κ1) is 19.1. The Labute approximate surface area is 160 Å². The molecule has 144 valence electrons. The van der Waals surface area contributed by atoms with Crippen molar-refractivity contribution >= 4 is 23.1 Å². The number of piperazine rings is 1. The Kier molecular flexibility index (Phi) is 6.24. The molecule has 2 aromatic rings. The van der Waals surface area contributed by atoms with E-state index in [1.807, 2.05) is 19.1 Å². The molecular formula is C20H28N6O. The highest BCUT2D eigenvalue weighted by atomic mass is 16.1. The Hall–Kier alpha value is -2.67. The minimum Gasteiger partial charge on any atom is -0.369 e. The van der Waals surface area contributed by atoms with Gasteiger partial charge in [-0.05, 0) is 44.7 Å². The zero-order valence-corrected chi connectivity index (χ0v) is 16.3. The third-order valence-electron chi connectivity index (χ3n) is 4.61. The molecule has 27 heavy (non-hydrogen) atoms. The van der Waals surface area contributed by atoms with Crippen LogP contribution in [0.2, 0.25) is 0 Å². The van der Waals surface area contributed by atoms with Gasteiger partial charge in [-0.3, -0.25) is 4.79 Å². The largest absolute Gasteiger partial charge is 0.369 e. The van der Waals surface area contributed by atoms with Crippen molar-refractivity contribution < 1.29 is 4.79 Å². The fourth-order valence-electron chi connectivity index (χ4n) is 3.05. The van der Waals surface area contributed by atoms with E-state index in [0.29, 0.717) is 23.9 Å². The Morgan fingerprint density at radius 1 is 1.11 bits per heavy atom. The van der Waals surface area contributed by atoms with Crippen molar-refractivity contribution in [2.24, 2.45) is 0 Å². The van der Waals surface area contributed by atoms with E-state index < -0.39 is 0 Å². The third-order valence-corrected chi connectivity index (χ3v) is 4.61. The van der Waals surface area contributed by atoms with Crippen LogP contribution in [0.15, 0.2) is 30.3 Å². The van der Waals surface area contributed by atoms with Crippen molar-refractivity contribution in [1.82, 2.24) is 20.2 Å². The summed E-state index contributed by atoms with van der Waals surface area (Å²) in [6.07, 6.45) is 0.889. The van der Waals surface area contributed by atoms with Gasteiger partial charge in [-0.25, -0.2) is 9.97 Å². The van der Waals surface area contributed by atoms with Crippen LogP contribution in [0.1, 0.15) is 29.7 Å². The summed E-state index contributed by atoms with van der Waals surface area (Å²) in [5.41, 5.74) is 2.55. The summed E-state index contributed by atoms with van der Waals surface area (Å²) in [6.45, 7) is 8.71. The highest BCUT2D eigenvalue weighted by Gasteiger charge is 2.14. The molecule has 2 N–H and O–H groups in total. The van der Waals surface area contributed by atoms with Crippen LogP contribution in [0.5, 0.6) is 0 Å². The van der Waals surface area contributed by atoms with E-state index in [1.54, 1.807) is 13.0 Å². The molecule has 7 heteroatoms. The molecule has 1 aliphatic rings. The van der Waals surface area contributed by atoms with Crippen LogP contribution >= 0.6 is 0 Å². The third kappa shape index (κ3) is 5.17. The topological polar surface area (TPSA) is 73.4 Å². The van der Waals surface area contributed by atoms with Gasteiger partial charge in [-0.2, -0.15) is 0 Å². The smallest absolute Gasteiger partial charge is 0.270 e. The quantitative estimate of drug-likeness (QED) is 0.816. The second-order valence-corrected chi connectivity index (χ2v) is 6.90. The lowest BCUT2D eigenvalue weighted by Crippen LogP contribution is -2.44. The number of aromatic nitrogens is 2. The molecule has 1 saturated heterocycles. The maximum atomic E-state index is 12.2. The zero-order chi connectivity index (χ0) is 19.2. The SMILES string of the molecule is CCCNC(=O)c1cc(Nc2ccc(N3CCN(C)CC3)cc2)nc(C)n1. The standard InChI is InChI=1S/C20H28N6O/c1-4-9-21-20(27)18-14-19(23-15(2)22-18)24-16-5-7-17(8-6-16)26-12-10-25(3)11-13-26/h5-8,14H,4,9-13H2,1-3H3,(H,21,27)(H,22,23,24). The second-order valence-electron chi connectivity index (χ2n) is 6.90. The van der Waals surface area contributed by atoms with Crippen LogP contribution in [0, 0.1) is 6.92 Å². The van der Waals surface area contributed by atoms with Gasteiger partial charge in [-0.1, -0.05) is 6.92 Å². The number of anilines is 3. The molecule has 0 aliphatic carbocycles. The molecule has 2 heterocycles. The van der Waals surface area contributed by atoms with Gasteiger partial charge in [0.25, 0.3) is 5.91 Å². The molecule has 1 amide bonds. The van der Waals surface area contributed by atoms with E-state index in [4.69, 9.17) is 0 Å². The Bertz CT molecular complexity index is 769. The molecule has 3 rings (SSSR count). The lowest BCUT2D eigenvalue weighted by Gasteiger charge is -2.34. The molecule has 1 fully saturated rings. The van der Waals surface area contributed by atoms with Crippen LogP contribution in [0.25, 0.3) is 0 Å². The number of likely N-dealkylation sites (N-methyl/N-ethyl adjacent to an activating group) is 1. The normalized spacial score (nSPS) is 14.9.